The van der Waals surface area contributed by atoms with Crippen LogP contribution >= 0.6 is 0 Å². The van der Waals surface area contributed by atoms with E-state index in [0.29, 0.717) is 19.5 Å². The lowest BCUT2D eigenvalue weighted by Crippen LogP contribution is -2.60. The van der Waals surface area contributed by atoms with E-state index in [1.807, 2.05) is 6.92 Å². The molecule has 2 unspecified atom stereocenters. The van der Waals surface area contributed by atoms with Gasteiger partial charge >= 0.3 is 5.97 Å². The van der Waals surface area contributed by atoms with E-state index in [2.05, 4.69) is 5.32 Å². The van der Waals surface area contributed by atoms with Crippen LogP contribution in [-0.4, -0.2) is 47.1 Å². The summed E-state index contributed by atoms with van der Waals surface area (Å²) in [5, 5.41) is 12.6. The number of carbonyl (C=O) groups excluding carboxylic acids is 1. The van der Waals surface area contributed by atoms with Crippen molar-refractivity contribution >= 4 is 11.9 Å². The van der Waals surface area contributed by atoms with Gasteiger partial charge in [-0.2, -0.15) is 0 Å². The predicted octanol–water partition coefficient (Wildman–Crippen LogP) is 0.842. The molecular formula is C13H22N2O3. The number of amides is 1. The molecule has 2 N–H and O–H groups in total. The molecule has 0 aromatic rings. The summed E-state index contributed by atoms with van der Waals surface area (Å²) < 4.78 is 0. The third-order valence-corrected chi connectivity index (χ3v) is 4.48. The molecule has 0 aliphatic carbocycles. The number of likely N-dealkylation sites (tertiary alicyclic amines) is 1. The summed E-state index contributed by atoms with van der Waals surface area (Å²) in [4.78, 5) is 25.8. The lowest BCUT2D eigenvalue weighted by molar-refractivity contribution is -0.165. The van der Waals surface area contributed by atoms with E-state index >= 15 is 0 Å². The predicted molar refractivity (Wildman–Crippen MR) is 67.2 cm³/mol. The molecule has 5 heteroatoms. The zero-order valence-electron chi connectivity index (χ0n) is 11.2. The minimum atomic E-state index is -1.03. The Kier molecular flexibility index (Phi) is 3.36. The molecule has 2 aliphatic rings. The van der Waals surface area contributed by atoms with Crippen molar-refractivity contribution in [3.8, 4) is 0 Å². The lowest BCUT2D eigenvalue weighted by Gasteiger charge is -2.44. The van der Waals surface area contributed by atoms with E-state index < -0.39 is 16.9 Å². The van der Waals surface area contributed by atoms with E-state index in [1.165, 1.54) is 0 Å². The maximum Gasteiger partial charge on any atom is 0.329 e. The van der Waals surface area contributed by atoms with Crippen LogP contribution in [0.4, 0.5) is 0 Å². The maximum absolute atomic E-state index is 12.7. The number of piperidine rings is 1. The van der Waals surface area contributed by atoms with E-state index in [9.17, 15) is 14.7 Å². The Balaban J connectivity index is 2.24. The molecule has 0 saturated carbocycles. The van der Waals surface area contributed by atoms with Gasteiger partial charge in [-0.15, -0.1) is 0 Å². The normalized spacial score (nSPS) is 36.7. The third-order valence-electron chi connectivity index (χ3n) is 4.48. The SMILES string of the molecule is CC1(C(=O)N2CCCCC2(C)C(=O)O)CCNC1. The summed E-state index contributed by atoms with van der Waals surface area (Å²) in [6, 6.07) is 0. The molecule has 1 amide bonds. The highest BCUT2D eigenvalue weighted by Gasteiger charge is 2.49. The van der Waals surface area contributed by atoms with Gasteiger partial charge in [-0.25, -0.2) is 4.79 Å². The molecule has 2 fully saturated rings. The Labute approximate surface area is 108 Å². The molecule has 0 radical (unpaired) electrons. The fraction of sp³-hybridized carbons (Fsp3) is 0.846. The van der Waals surface area contributed by atoms with Gasteiger partial charge in [0, 0.05) is 13.1 Å². The maximum atomic E-state index is 12.7. The molecular weight excluding hydrogens is 232 g/mol. The fourth-order valence-electron chi connectivity index (χ4n) is 2.99. The largest absolute Gasteiger partial charge is 0.480 e. The van der Waals surface area contributed by atoms with Crippen molar-refractivity contribution in [3.63, 3.8) is 0 Å². The Morgan fingerprint density at radius 2 is 1.94 bits per heavy atom. The number of rotatable bonds is 2. The molecule has 2 rings (SSSR count). The average molecular weight is 254 g/mol. The topological polar surface area (TPSA) is 69.6 Å². The molecule has 102 valence electrons. The van der Waals surface area contributed by atoms with Crippen LogP contribution in [0.3, 0.4) is 0 Å². The minimum Gasteiger partial charge on any atom is -0.480 e. The highest BCUT2D eigenvalue weighted by Crippen LogP contribution is 2.35. The van der Waals surface area contributed by atoms with Gasteiger partial charge in [0.15, 0.2) is 0 Å². The van der Waals surface area contributed by atoms with Crippen molar-refractivity contribution < 1.29 is 14.7 Å². The number of nitrogens with one attached hydrogen (secondary N) is 1. The van der Waals surface area contributed by atoms with Crippen LogP contribution < -0.4 is 5.32 Å². The summed E-state index contributed by atoms with van der Waals surface area (Å²) in [6.07, 6.45) is 3.12. The van der Waals surface area contributed by atoms with Crippen molar-refractivity contribution in [2.45, 2.75) is 45.1 Å². The van der Waals surface area contributed by atoms with Gasteiger partial charge in [-0.3, -0.25) is 4.79 Å². The lowest BCUT2D eigenvalue weighted by atomic mass is 9.82. The van der Waals surface area contributed by atoms with Gasteiger partial charge in [0.05, 0.1) is 5.41 Å². The van der Waals surface area contributed by atoms with E-state index in [0.717, 1.165) is 25.8 Å². The first kappa shape index (κ1) is 13.3. The van der Waals surface area contributed by atoms with Crippen molar-refractivity contribution in [2.24, 2.45) is 5.41 Å². The average Bonchev–Trinajstić information content (AvgIpc) is 2.77. The van der Waals surface area contributed by atoms with Gasteiger partial charge < -0.3 is 15.3 Å². The van der Waals surface area contributed by atoms with Crippen molar-refractivity contribution in [1.82, 2.24) is 10.2 Å². The highest BCUT2D eigenvalue weighted by atomic mass is 16.4. The summed E-state index contributed by atoms with van der Waals surface area (Å²) in [7, 11) is 0. The first-order chi connectivity index (χ1) is 8.40. The Morgan fingerprint density at radius 1 is 1.22 bits per heavy atom. The Hall–Kier alpha value is -1.10. The molecule has 0 aromatic heterocycles. The minimum absolute atomic E-state index is 0.00269. The van der Waals surface area contributed by atoms with E-state index in [-0.39, 0.29) is 5.91 Å². The van der Waals surface area contributed by atoms with Crippen LogP contribution in [0, 0.1) is 5.41 Å². The molecule has 0 bridgehead atoms. The zero-order valence-corrected chi connectivity index (χ0v) is 11.2. The Bertz CT molecular complexity index is 363. The number of aliphatic carboxylic acids is 1. The summed E-state index contributed by atoms with van der Waals surface area (Å²) in [5.41, 5.74) is -1.46. The van der Waals surface area contributed by atoms with E-state index in [1.54, 1.807) is 11.8 Å². The van der Waals surface area contributed by atoms with E-state index in [4.69, 9.17) is 0 Å². The summed E-state index contributed by atoms with van der Waals surface area (Å²) in [6.45, 7) is 5.67. The Morgan fingerprint density at radius 3 is 2.50 bits per heavy atom. The molecule has 18 heavy (non-hydrogen) atoms. The van der Waals surface area contributed by atoms with Crippen LogP contribution in [-0.2, 0) is 9.59 Å². The second-order valence-corrected chi connectivity index (χ2v) is 5.98. The number of carboxylic acid groups (broad SMARTS) is 1. The first-order valence-corrected chi connectivity index (χ1v) is 6.66. The smallest absolute Gasteiger partial charge is 0.329 e. The molecule has 2 aliphatic heterocycles. The fourth-order valence-corrected chi connectivity index (χ4v) is 2.99. The van der Waals surface area contributed by atoms with Crippen LogP contribution in [0.5, 0.6) is 0 Å². The second kappa shape index (κ2) is 4.53. The standard InChI is InChI=1S/C13H22N2O3/c1-12(6-7-14-9-12)10(16)15-8-4-3-5-13(15,2)11(17)18/h14H,3-9H2,1-2H3,(H,17,18). The number of carboxylic acids is 1. The molecule has 2 heterocycles. The third kappa shape index (κ3) is 2.00. The van der Waals surface area contributed by atoms with Crippen molar-refractivity contribution in [1.29, 1.82) is 0 Å². The molecule has 5 nitrogen and oxygen atoms in total. The van der Waals surface area contributed by atoms with Gasteiger partial charge in [0.25, 0.3) is 0 Å². The van der Waals surface area contributed by atoms with Crippen molar-refractivity contribution in [2.75, 3.05) is 19.6 Å². The summed E-state index contributed by atoms with van der Waals surface area (Å²) >= 11 is 0. The van der Waals surface area contributed by atoms with Crippen LogP contribution in [0.25, 0.3) is 0 Å². The highest BCUT2D eigenvalue weighted by molar-refractivity contribution is 5.90. The molecule has 0 aromatic carbocycles. The quantitative estimate of drug-likeness (QED) is 0.766. The van der Waals surface area contributed by atoms with Gasteiger partial charge in [-0.05, 0) is 46.1 Å². The molecule has 2 saturated heterocycles. The zero-order chi connectivity index (χ0) is 13.4. The first-order valence-electron chi connectivity index (χ1n) is 6.66. The van der Waals surface area contributed by atoms with Crippen LogP contribution in [0.2, 0.25) is 0 Å². The monoisotopic (exact) mass is 254 g/mol. The molecule has 2 atom stereocenters. The number of hydrogen-bond donors (Lipinski definition) is 2. The van der Waals surface area contributed by atoms with Crippen molar-refractivity contribution in [3.05, 3.63) is 0 Å². The van der Waals surface area contributed by atoms with Crippen LogP contribution in [0.15, 0.2) is 0 Å². The van der Waals surface area contributed by atoms with Gasteiger partial charge in [0.2, 0.25) is 5.91 Å². The number of hydrogen-bond acceptors (Lipinski definition) is 3. The summed E-state index contributed by atoms with van der Waals surface area (Å²) in [5.74, 6) is -0.887. The molecule has 0 spiro atoms. The van der Waals surface area contributed by atoms with Crippen LogP contribution in [0.1, 0.15) is 39.5 Å². The second-order valence-electron chi connectivity index (χ2n) is 5.98. The van der Waals surface area contributed by atoms with Gasteiger partial charge in [-0.1, -0.05) is 0 Å². The number of carbonyl (C=O) groups is 2. The van der Waals surface area contributed by atoms with Gasteiger partial charge in [0.1, 0.15) is 5.54 Å². The number of nitrogens with zero attached hydrogens (tertiary/aromatic N) is 1.